The predicted octanol–water partition coefficient (Wildman–Crippen LogP) is 4.19. The maximum atomic E-state index is 13.3. The second kappa shape index (κ2) is 7.26. The van der Waals surface area contributed by atoms with E-state index in [1.807, 2.05) is 0 Å². The Bertz CT molecular complexity index is 1050. The minimum Gasteiger partial charge on any atom is -0.423 e. The summed E-state index contributed by atoms with van der Waals surface area (Å²) in [7, 11) is 0. The number of oxazole rings is 1. The fourth-order valence-corrected chi connectivity index (χ4v) is 3.22. The van der Waals surface area contributed by atoms with Crippen molar-refractivity contribution in [3.63, 3.8) is 0 Å². The minimum atomic E-state index is -4.89. The first-order valence-corrected chi connectivity index (χ1v) is 8.75. The Morgan fingerprint density at radius 1 is 1.24 bits per heavy atom. The van der Waals surface area contributed by atoms with Gasteiger partial charge < -0.3 is 19.4 Å². The molecule has 1 aromatic heterocycles. The second-order valence-corrected chi connectivity index (χ2v) is 6.56. The largest absolute Gasteiger partial charge is 0.573 e. The van der Waals surface area contributed by atoms with Crippen LogP contribution in [0, 0.1) is 5.82 Å². The number of fused-ring (bicyclic) bond motifs is 1. The van der Waals surface area contributed by atoms with E-state index >= 15 is 0 Å². The van der Waals surface area contributed by atoms with Gasteiger partial charge in [-0.15, -0.1) is 13.2 Å². The van der Waals surface area contributed by atoms with Gasteiger partial charge in [0.1, 0.15) is 17.1 Å². The van der Waals surface area contributed by atoms with Gasteiger partial charge in [-0.05, 0) is 30.7 Å². The molecule has 0 spiro atoms. The van der Waals surface area contributed by atoms with Crippen LogP contribution in [0.1, 0.15) is 16.8 Å². The van der Waals surface area contributed by atoms with Crippen LogP contribution in [0.2, 0.25) is 0 Å². The number of para-hydroxylation sites is 1. The highest BCUT2D eigenvalue weighted by Crippen LogP contribution is 2.28. The van der Waals surface area contributed by atoms with Gasteiger partial charge in [0.15, 0.2) is 5.58 Å². The van der Waals surface area contributed by atoms with Crippen molar-refractivity contribution in [3.05, 3.63) is 53.8 Å². The van der Waals surface area contributed by atoms with Gasteiger partial charge >= 0.3 is 6.36 Å². The average Bonchev–Trinajstić information content (AvgIpc) is 3.26. The summed E-state index contributed by atoms with van der Waals surface area (Å²) < 4.78 is 60.4. The zero-order valence-electron chi connectivity index (χ0n) is 14.9. The van der Waals surface area contributed by atoms with Crippen molar-refractivity contribution < 1.29 is 31.5 Å². The maximum absolute atomic E-state index is 13.3. The zero-order chi connectivity index (χ0) is 20.6. The van der Waals surface area contributed by atoms with Gasteiger partial charge in [0.05, 0.1) is 5.56 Å². The quantitative estimate of drug-likeness (QED) is 0.655. The molecule has 2 aromatic carbocycles. The van der Waals surface area contributed by atoms with E-state index < -0.39 is 23.8 Å². The van der Waals surface area contributed by atoms with E-state index in [0.717, 1.165) is 6.07 Å². The fraction of sp³-hybridized carbons (Fsp3) is 0.263. The summed E-state index contributed by atoms with van der Waals surface area (Å²) in [5.41, 5.74) is 0.609. The molecule has 29 heavy (non-hydrogen) atoms. The fourth-order valence-electron chi connectivity index (χ4n) is 3.22. The molecular weight excluding hydrogens is 394 g/mol. The lowest BCUT2D eigenvalue weighted by atomic mass is 10.2. The van der Waals surface area contributed by atoms with E-state index in [0.29, 0.717) is 18.5 Å². The second-order valence-electron chi connectivity index (χ2n) is 6.56. The lowest BCUT2D eigenvalue weighted by molar-refractivity contribution is -0.274. The van der Waals surface area contributed by atoms with Gasteiger partial charge in [-0.3, -0.25) is 4.79 Å². The number of carbonyl (C=O) groups is 1. The average molecular weight is 409 g/mol. The third-order valence-corrected chi connectivity index (χ3v) is 4.50. The molecule has 6 nitrogen and oxygen atoms in total. The number of nitrogens with one attached hydrogen (secondary N) is 1. The van der Waals surface area contributed by atoms with E-state index in [1.165, 1.54) is 41.3 Å². The van der Waals surface area contributed by atoms with Crippen LogP contribution in [-0.4, -0.2) is 41.3 Å². The highest BCUT2D eigenvalue weighted by molar-refractivity contribution is 5.97. The predicted molar refractivity (Wildman–Crippen MR) is 95.0 cm³/mol. The number of ether oxygens (including phenoxy) is 1. The number of hydrogen-bond acceptors (Lipinski definition) is 5. The van der Waals surface area contributed by atoms with Gasteiger partial charge in [-0.1, -0.05) is 12.1 Å². The Kier molecular flexibility index (Phi) is 4.77. The van der Waals surface area contributed by atoms with Gasteiger partial charge in [0.25, 0.3) is 11.9 Å². The smallest absolute Gasteiger partial charge is 0.423 e. The molecule has 152 valence electrons. The molecule has 0 unspecified atom stereocenters. The first-order chi connectivity index (χ1) is 13.8. The van der Waals surface area contributed by atoms with Gasteiger partial charge in [-0.2, -0.15) is 4.98 Å². The molecule has 0 aliphatic carbocycles. The number of alkyl halides is 3. The Hall–Kier alpha value is -3.30. The molecule has 1 fully saturated rings. The summed E-state index contributed by atoms with van der Waals surface area (Å²) in [5, 5.41) is 3.03. The van der Waals surface area contributed by atoms with Crippen molar-refractivity contribution in [1.29, 1.82) is 0 Å². The van der Waals surface area contributed by atoms with Crippen LogP contribution < -0.4 is 10.1 Å². The molecule has 1 N–H and O–H groups in total. The van der Waals surface area contributed by atoms with E-state index in [2.05, 4.69) is 15.0 Å². The van der Waals surface area contributed by atoms with Crippen LogP contribution in [0.5, 0.6) is 5.75 Å². The Morgan fingerprint density at radius 3 is 2.83 bits per heavy atom. The maximum Gasteiger partial charge on any atom is 0.573 e. The van der Waals surface area contributed by atoms with Gasteiger partial charge in [-0.25, -0.2) is 4.39 Å². The van der Waals surface area contributed by atoms with Crippen molar-refractivity contribution >= 4 is 23.0 Å². The summed E-state index contributed by atoms with van der Waals surface area (Å²) in [5.74, 6) is -1.55. The van der Waals surface area contributed by atoms with E-state index in [4.69, 9.17) is 4.42 Å². The van der Waals surface area contributed by atoms with Crippen LogP contribution in [0.3, 0.4) is 0 Å². The van der Waals surface area contributed by atoms with Crippen LogP contribution >= 0.6 is 0 Å². The number of hydrogen-bond donors (Lipinski definition) is 1. The number of aromatic nitrogens is 1. The molecule has 1 aliphatic rings. The van der Waals surface area contributed by atoms with Crippen molar-refractivity contribution in [3.8, 4) is 5.75 Å². The molecule has 3 aromatic rings. The molecule has 0 bridgehead atoms. The number of benzene rings is 2. The monoisotopic (exact) mass is 409 g/mol. The molecule has 1 amide bonds. The molecule has 1 atom stereocenters. The highest BCUT2D eigenvalue weighted by atomic mass is 19.4. The lowest BCUT2D eigenvalue weighted by Gasteiger charge is -2.19. The number of halogens is 4. The summed E-state index contributed by atoms with van der Waals surface area (Å²) in [6.07, 6.45) is -4.35. The standard InChI is InChI=1S/C19H15F4N3O3/c20-11-5-6-14-16(9-11)28-18(25-14)24-12-7-8-26(10-12)17(27)13-3-1-2-4-15(13)29-19(21,22)23/h1-6,9,12H,7-8,10H2,(H,24,25)/t12-/m1/s1. The molecule has 0 saturated carbocycles. The molecule has 2 heterocycles. The van der Waals surface area contributed by atoms with Crippen LogP contribution in [0.15, 0.2) is 46.9 Å². The van der Waals surface area contributed by atoms with Crippen molar-refractivity contribution in [1.82, 2.24) is 9.88 Å². The summed E-state index contributed by atoms with van der Waals surface area (Å²) in [6, 6.07) is 9.17. The molecule has 0 radical (unpaired) electrons. The zero-order valence-corrected chi connectivity index (χ0v) is 14.9. The summed E-state index contributed by atoms with van der Waals surface area (Å²) in [4.78, 5) is 18.3. The third-order valence-electron chi connectivity index (χ3n) is 4.50. The first-order valence-electron chi connectivity index (χ1n) is 8.75. The Balaban J connectivity index is 1.45. The van der Waals surface area contributed by atoms with Crippen molar-refractivity contribution in [2.75, 3.05) is 18.4 Å². The van der Waals surface area contributed by atoms with Gasteiger partial charge in [0, 0.05) is 25.2 Å². The summed E-state index contributed by atoms with van der Waals surface area (Å²) in [6.45, 7) is 0.581. The number of nitrogens with zero attached hydrogens (tertiary/aromatic N) is 2. The van der Waals surface area contributed by atoms with Crippen LogP contribution in [0.25, 0.3) is 11.1 Å². The number of carbonyl (C=O) groups excluding carboxylic acids is 1. The third kappa shape index (κ3) is 4.25. The van der Waals surface area contributed by atoms with Crippen LogP contribution in [-0.2, 0) is 0 Å². The molecule has 10 heteroatoms. The van der Waals surface area contributed by atoms with Crippen LogP contribution in [0.4, 0.5) is 23.6 Å². The number of anilines is 1. The van der Waals surface area contributed by atoms with E-state index in [9.17, 15) is 22.4 Å². The van der Waals surface area contributed by atoms with E-state index in [-0.39, 0.29) is 29.7 Å². The first kappa shape index (κ1) is 19.0. The number of amides is 1. The topological polar surface area (TPSA) is 67.6 Å². The molecule has 4 rings (SSSR count). The molecule has 1 aliphatic heterocycles. The lowest BCUT2D eigenvalue weighted by Crippen LogP contribution is -2.32. The highest BCUT2D eigenvalue weighted by Gasteiger charge is 2.34. The van der Waals surface area contributed by atoms with Crippen molar-refractivity contribution in [2.45, 2.75) is 18.8 Å². The summed E-state index contributed by atoms with van der Waals surface area (Å²) >= 11 is 0. The molecular formula is C19H15F4N3O3. The SMILES string of the molecule is O=C(c1ccccc1OC(F)(F)F)N1CC[C@@H](Nc2nc3ccc(F)cc3o2)C1. The number of rotatable bonds is 4. The van der Waals surface area contributed by atoms with Crippen molar-refractivity contribution in [2.24, 2.45) is 0 Å². The minimum absolute atomic E-state index is 0.164. The Labute approximate surface area is 162 Å². The normalized spacial score (nSPS) is 17.0. The van der Waals surface area contributed by atoms with Gasteiger partial charge in [0.2, 0.25) is 0 Å². The van der Waals surface area contributed by atoms with E-state index in [1.54, 1.807) is 0 Å². The molecule has 1 saturated heterocycles. The Morgan fingerprint density at radius 2 is 2.03 bits per heavy atom. The number of likely N-dealkylation sites (tertiary alicyclic amines) is 1.